The van der Waals surface area contributed by atoms with E-state index in [1.54, 1.807) is 20.8 Å². The summed E-state index contributed by atoms with van der Waals surface area (Å²) in [5, 5.41) is 0.316. The van der Waals surface area contributed by atoms with Gasteiger partial charge in [-0.05, 0) is 32.9 Å². The summed E-state index contributed by atoms with van der Waals surface area (Å²) in [4.78, 5) is 13.3. The van der Waals surface area contributed by atoms with Crippen LogP contribution >= 0.6 is 23.2 Å². The Balaban J connectivity index is 2.16. The van der Waals surface area contributed by atoms with E-state index in [9.17, 15) is 9.18 Å². The summed E-state index contributed by atoms with van der Waals surface area (Å²) in [5.74, 6) is -0.532. The topological polar surface area (TPSA) is 55.6 Å². The molecular weight excluding hydrogens is 318 g/mol. The molecule has 4 nitrogen and oxygen atoms in total. The maximum absolute atomic E-state index is 14.0. The number of carbonyl (C=O) groups excluding carboxylic acids is 1. The van der Waals surface area contributed by atoms with Crippen LogP contribution < -0.4 is 5.73 Å². The van der Waals surface area contributed by atoms with Crippen molar-refractivity contribution in [1.29, 1.82) is 0 Å². The predicted molar refractivity (Wildman–Crippen MR) is 80.1 cm³/mol. The van der Waals surface area contributed by atoms with Crippen molar-refractivity contribution in [3.63, 3.8) is 0 Å². The number of halogens is 3. The second-order valence-electron chi connectivity index (χ2n) is 6.21. The summed E-state index contributed by atoms with van der Waals surface area (Å²) < 4.78 is 19.2. The Kier molecular flexibility index (Phi) is 4.12. The Bertz CT molecular complexity index is 581. The smallest absolute Gasteiger partial charge is 0.410 e. The van der Waals surface area contributed by atoms with Gasteiger partial charge in [-0.15, -0.1) is 0 Å². The van der Waals surface area contributed by atoms with Crippen LogP contribution in [0.2, 0.25) is 10.0 Å². The zero-order chi connectivity index (χ0) is 16.0. The molecule has 1 aliphatic heterocycles. The lowest BCUT2D eigenvalue weighted by atomic mass is 9.83. The van der Waals surface area contributed by atoms with Crippen molar-refractivity contribution in [2.45, 2.75) is 31.9 Å². The number of amides is 1. The van der Waals surface area contributed by atoms with Gasteiger partial charge in [0.2, 0.25) is 0 Å². The molecule has 0 bridgehead atoms. The molecule has 21 heavy (non-hydrogen) atoms. The largest absolute Gasteiger partial charge is 0.444 e. The highest BCUT2D eigenvalue weighted by atomic mass is 35.5. The van der Waals surface area contributed by atoms with Gasteiger partial charge in [-0.25, -0.2) is 9.18 Å². The van der Waals surface area contributed by atoms with Gasteiger partial charge in [0.25, 0.3) is 0 Å². The monoisotopic (exact) mass is 334 g/mol. The fraction of sp³-hybridized carbons (Fsp3) is 0.500. The van der Waals surface area contributed by atoms with Crippen LogP contribution in [0.25, 0.3) is 0 Å². The lowest BCUT2D eigenvalue weighted by molar-refractivity contribution is -0.00952. The fourth-order valence-electron chi connectivity index (χ4n) is 2.23. The molecule has 1 saturated heterocycles. The average molecular weight is 335 g/mol. The second-order valence-corrected chi connectivity index (χ2v) is 7.00. The molecule has 1 aliphatic rings. The Hall–Kier alpha value is -1.04. The first-order valence-electron chi connectivity index (χ1n) is 6.44. The zero-order valence-corrected chi connectivity index (χ0v) is 13.6. The SMILES string of the molecule is CC(C)(C)OC(=O)N1CC(N)(c2c(F)ccc(Cl)c2Cl)C1. The van der Waals surface area contributed by atoms with E-state index in [0.717, 1.165) is 0 Å². The van der Waals surface area contributed by atoms with E-state index in [-0.39, 0.29) is 28.7 Å². The van der Waals surface area contributed by atoms with Crippen molar-refractivity contribution in [1.82, 2.24) is 4.90 Å². The number of carbonyl (C=O) groups is 1. The molecule has 2 N–H and O–H groups in total. The van der Waals surface area contributed by atoms with Crippen LogP contribution in [0, 0.1) is 5.82 Å². The second kappa shape index (κ2) is 5.30. The van der Waals surface area contributed by atoms with Crippen LogP contribution in [0.5, 0.6) is 0 Å². The van der Waals surface area contributed by atoms with Crippen LogP contribution in [0.1, 0.15) is 26.3 Å². The Labute approximate surface area is 132 Å². The third kappa shape index (κ3) is 3.25. The van der Waals surface area contributed by atoms with Gasteiger partial charge >= 0.3 is 6.09 Å². The molecule has 1 aromatic rings. The number of nitrogens with zero attached hydrogens (tertiary/aromatic N) is 1. The van der Waals surface area contributed by atoms with E-state index in [1.807, 2.05) is 0 Å². The summed E-state index contributed by atoms with van der Waals surface area (Å²) in [6.45, 7) is 5.56. The highest BCUT2D eigenvalue weighted by Gasteiger charge is 2.47. The number of nitrogens with two attached hydrogens (primary N) is 1. The summed E-state index contributed by atoms with van der Waals surface area (Å²) >= 11 is 11.9. The first-order chi connectivity index (χ1) is 9.53. The molecule has 0 spiro atoms. The van der Waals surface area contributed by atoms with Gasteiger partial charge in [0, 0.05) is 18.7 Å². The summed E-state index contributed by atoms with van der Waals surface area (Å²) in [7, 11) is 0. The van der Waals surface area contributed by atoms with E-state index < -0.39 is 23.1 Å². The molecule has 0 atom stereocenters. The zero-order valence-electron chi connectivity index (χ0n) is 12.0. The summed E-state index contributed by atoms with van der Waals surface area (Å²) in [6, 6.07) is 2.59. The Morgan fingerprint density at radius 2 is 1.95 bits per heavy atom. The lowest BCUT2D eigenvalue weighted by Gasteiger charge is -2.48. The summed E-state index contributed by atoms with van der Waals surface area (Å²) in [5.41, 5.74) is 4.64. The van der Waals surface area contributed by atoms with Crippen molar-refractivity contribution < 1.29 is 13.9 Å². The van der Waals surface area contributed by atoms with Crippen LogP contribution in [-0.2, 0) is 10.3 Å². The van der Waals surface area contributed by atoms with Gasteiger partial charge in [0.1, 0.15) is 11.4 Å². The van der Waals surface area contributed by atoms with Gasteiger partial charge in [-0.1, -0.05) is 23.2 Å². The number of hydrogen-bond donors (Lipinski definition) is 1. The summed E-state index contributed by atoms with van der Waals surface area (Å²) in [6.07, 6.45) is -0.484. The molecule has 1 fully saturated rings. The molecule has 1 heterocycles. The third-order valence-corrected chi connectivity index (χ3v) is 3.94. The number of rotatable bonds is 1. The molecule has 0 unspecified atom stereocenters. The van der Waals surface area contributed by atoms with E-state index >= 15 is 0 Å². The highest BCUT2D eigenvalue weighted by molar-refractivity contribution is 6.42. The lowest BCUT2D eigenvalue weighted by Crippen LogP contribution is -2.67. The number of hydrogen-bond acceptors (Lipinski definition) is 3. The first-order valence-corrected chi connectivity index (χ1v) is 7.20. The van der Waals surface area contributed by atoms with Crippen molar-refractivity contribution in [3.8, 4) is 0 Å². The van der Waals surface area contributed by atoms with Gasteiger partial charge in [0.05, 0.1) is 15.6 Å². The maximum Gasteiger partial charge on any atom is 0.410 e. The quantitative estimate of drug-likeness (QED) is 0.799. The van der Waals surface area contributed by atoms with Crippen molar-refractivity contribution in [2.75, 3.05) is 13.1 Å². The minimum absolute atomic E-state index is 0.0861. The molecular formula is C14H17Cl2FN2O2. The molecule has 7 heteroatoms. The molecule has 116 valence electrons. The van der Waals surface area contributed by atoms with Gasteiger partial charge < -0.3 is 15.4 Å². The van der Waals surface area contributed by atoms with E-state index in [4.69, 9.17) is 33.7 Å². The van der Waals surface area contributed by atoms with Gasteiger partial charge in [-0.2, -0.15) is 0 Å². The Morgan fingerprint density at radius 3 is 2.48 bits per heavy atom. The van der Waals surface area contributed by atoms with Crippen molar-refractivity contribution in [3.05, 3.63) is 33.6 Å². The molecule has 0 saturated carbocycles. The molecule has 1 amide bonds. The van der Waals surface area contributed by atoms with Crippen LogP contribution in [-0.4, -0.2) is 29.7 Å². The highest BCUT2D eigenvalue weighted by Crippen LogP contribution is 2.39. The first kappa shape index (κ1) is 16.3. The van der Waals surface area contributed by atoms with Crippen LogP contribution in [0.4, 0.5) is 9.18 Å². The minimum Gasteiger partial charge on any atom is -0.444 e. The average Bonchev–Trinajstić information content (AvgIpc) is 2.28. The molecule has 2 rings (SSSR count). The molecule has 1 aromatic carbocycles. The van der Waals surface area contributed by atoms with Gasteiger partial charge in [0.15, 0.2) is 0 Å². The van der Waals surface area contributed by atoms with Crippen LogP contribution in [0.3, 0.4) is 0 Å². The number of benzene rings is 1. The number of ether oxygens (including phenoxy) is 1. The standard InChI is InChI=1S/C14H17Cl2FN2O2/c1-13(2,3)21-12(20)19-6-14(18,7-19)10-9(17)5-4-8(15)11(10)16/h4-5H,6-7,18H2,1-3H3. The predicted octanol–water partition coefficient (Wildman–Crippen LogP) is 3.54. The minimum atomic E-state index is -1.05. The van der Waals surface area contributed by atoms with E-state index in [1.165, 1.54) is 17.0 Å². The van der Waals surface area contributed by atoms with Crippen molar-refractivity contribution >= 4 is 29.3 Å². The van der Waals surface area contributed by atoms with E-state index in [2.05, 4.69) is 0 Å². The maximum atomic E-state index is 14.0. The number of likely N-dealkylation sites (tertiary alicyclic amines) is 1. The van der Waals surface area contributed by atoms with Crippen LogP contribution in [0.15, 0.2) is 12.1 Å². The normalized spacial score (nSPS) is 17.4. The Morgan fingerprint density at radius 1 is 1.38 bits per heavy atom. The fourth-order valence-corrected chi connectivity index (χ4v) is 2.73. The van der Waals surface area contributed by atoms with E-state index in [0.29, 0.717) is 0 Å². The molecule has 0 radical (unpaired) electrons. The van der Waals surface area contributed by atoms with Crippen molar-refractivity contribution in [2.24, 2.45) is 5.73 Å². The van der Waals surface area contributed by atoms with Gasteiger partial charge in [-0.3, -0.25) is 0 Å². The third-order valence-electron chi connectivity index (χ3n) is 3.14. The molecule has 0 aromatic heterocycles. The molecule has 0 aliphatic carbocycles.